The summed E-state index contributed by atoms with van der Waals surface area (Å²) in [7, 11) is 0. The Labute approximate surface area is 121 Å². The number of carbonyl (C=O) groups is 1. The Morgan fingerprint density at radius 2 is 2.05 bits per heavy atom. The lowest BCUT2D eigenvalue weighted by Gasteiger charge is -2.24. The Bertz CT molecular complexity index is 465. The smallest absolute Gasteiger partial charge is 0.253 e. The van der Waals surface area contributed by atoms with Crippen LogP contribution in [0.4, 0.5) is 8.78 Å². The fourth-order valence-electron chi connectivity index (χ4n) is 1.93. The van der Waals surface area contributed by atoms with Crippen molar-refractivity contribution in [3.8, 4) is 0 Å². The highest BCUT2D eigenvalue weighted by molar-refractivity contribution is 6.33. The second-order valence-electron chi connectivity index (χ2n) is 4.26. The molecule has 2 N–H and O–H groups in total. The Balaban J connectivity index is 0.00000180. The number of halogens is 4. The van der Waals surface area contributed by atoms with E-state index in [1.54, 1.807) is 0 Å². The molecule has 19 heavy (non-hydrogen) atoms. The number of nitrogens with one attached hydrogen (secondary N) is 2. The zero-order valence-electron chi connectivity index (χ0n) is 10.0. The number of carbonyl (C=O) groups excluding carboxylic acids is 1. The second kappa shape index (κ2) is 7.03. The van der Waals surface area contributed by atoms with E-state index in [1.165, 1.54) is 0 Å². The van der Waals surface area contributed by atoms with Gasteiger partial charge in [-0.15, -0.1) is 12.4 Å². The van der Waals surface area contributed by atoms with Gasteiger partial charge in [0, 0.05) is 12.6 Å². The average molecular weight is 311 g/mol. The van der Waals surface area contributed by atoms with Crippen molar-refractivity contribution in [3.05, 3.63) is 34.4 Å². The zero-order valence-corrected chi connectivity index (χ0v) is 11.6. The molecule has 0 unspecified atom stereocenters. The van der Waals surface area contributed by atoms with Crippen molar-refractivity contribution in [1.29, 1.82) is 0 Å². The highest BCUT2D eigenvalue weighted by Gasteiger charge is 2.19. The normalized spacial score (nSPS) is 18.6. The van der Waals surface area contributed by atoms with Gasteiger partial charge in [-0.1, -0.05) is 11.6 Å². The summed E-state index contributed by atoms with van der Waals surface area (Å²) >= 11 is 5.73. The van der Waals surface area contributed by atoms with Crippen LogP contribution in [-0.4, -0.2) is 25.0 Å². The molecular weight excluding hydrogens is 297 g/mol. The van der Waals surface area contributed by atoms with Gasteiger partial charge < -0.3 is 10.6 Å². The van der Waals surface area contributed by atoms with Crippen LogP contribution >= 0.6 is 24.0 Å². The van der Waals surface area contributed by atoms with Gasteiger partial charge in [0.2, 0.25) is 0 Å². The maximum absolute atomic E-state index is 13.1. The lowest BCUT2D eigenvalue weighted by molar-refractivity contribution is 0.0930. The van der Waals surface area contributed by atoms with Crippen LogP contribution in [0.25, 0.3) is 0 Å². The molecule has 106 valence electrons. The first-order valence-corrected chi connectivity index (χ1v) is 6.12. The van der Waals surface area contributed by atoms with Gasteiger partial charge in [0.25, 0.3) is 5.91 Å². The highest BCUT2D eigenvalue weighted by atomic mass is 35.5. The minimum atomic E-state index is -1.08. The van der Waals surface area contributed by atoms with Gasteiger partial charge in [-0.3, -0.25) is 4.79 Å². The molecule has 1 amide bonds. The van der Waals surface area contributed by atoms with Crippen molar-refractivity contribution in [3.63, 3.8) is 0 Å². The van der Waals surface area contributed by atoms with E-state index in [0.29, 0.717) is 6.54 Å². The number of benzene rings is 1. The van der Waals surface area contributed by atoms with Gasteiger partial charge in [-0.2, -0.15) is 0 Å². The van der Waals surface area contributed by atoms with Crippen LogP contribution in [0.1, 0.15) is 23.2 Å². The van der Waals surface area contributed by atoms with Gasteiger partial charge in [-0.05, 0) is 31.5 Å². The standard InChI is InChI=1S/C12H13ClF2N2O.ClH/c13-9-5-11(15)10(14)4-8(9)12(18)17-7-2-1-3-16-6-7;/h4-5,7,16H,1-3,6H2,(H,17,18);1H/t7-;/m0./s1. The van der Waals surface area contributed by atoms with Crippen molar-refractivity contribution in [1.82, 2.24) is 10.6 Å². The van der Waals surface area contributed by atoms with Crippen molar-refractivity contribution >= 4 is 29.9 Å². The van der Waals surface area contributed by atoms with Crippen LogP contribution in [0.15, 0.2) is 12.1 Å². The lowest BCUT2D eigenvalue weighted by Crippen LogP contribution is -2.45. The molecule has 1 atom stereocenters. The average Bonchev–Trinajstić information content (AvgIpc) is 2.35. The van der Waals surface area contributed by atoms with E-state index < -0.39 is 17.5 Å². The zero-order chi connectivity index (χ0) is 13.1. The fourth-order valence-corrected chi connectivity index (χ4v) is 2.17. The summed E-state index contributed by atoms with van der Waals surface area (Å²) in [6.45, 7) is 1.60. The Morgan fingerprint density at radius 3 is 2.68 bits per heavy atom. The van der Waals surface area contributed by atoms with Crippen LogP contribution in [0.3, 0.4) is 0 Å². The Hall–Kier alpha value is -0.910. The molecule has 0 saturated carbocycles. The second-order valence-corrected chi connectivity index (χ2v) is 4.67. The molecule has 2 rings (SSSR count). The molecule has 0 spiro atoms. The minimum Gasteiger partial charge on any atom is -0.348 e. The van der Waals surface area contributed by atoms with Gasteiger partial charge >= 0.3 is 0 Å². The minimum absolute atomic E-state index is 0. The molecule has 0 radical (unpaired) electrons. The van der Waals surface area contributed by atoms with E-state index in [1.807, 2.05) is 0 Å². The first-order chi connectivity index (χ1) is 8.58. The molecular formula is C12H14Cl2F2N2O. The van der Waals surface area contributed by atoms with Crippen molar-refractivity contribution in [2.24, 2.45) is 0 Å². The summed E-state index contributed by atoms with van der Waals surface area (Å²) in [5.41, 5.74) is -0.0406. The third-order valence-electron chi connectivity index (χ3n) is 2.89. The van der Waals surface area contributed by atoms with Gasteiger partial charge in [-0.25, -0.2) is 8.78 Å². The maximum atomic E-state index is 13.1. The molecule has 3 nitrogen and oxygen atoms in total. The molecule has 1 heterocycles. The predicted octanol–water partition coefficient (Wildman–Crippen LogP) is 2.52. The first-order valence-electron chi connectivity index (χ1n) is 5.74. The van der Waals surface area contributed by atoms with E-state index in [0.717, 1.165) is 31.5 Å². The maximum Gasteiger partial charge on any atom is 0.253 e. The van der Waals surface area contributed by atoms with Gasteiger partial charge in [0.15, 0.2) is 11.6 Å². The van der Waals surface area contributed by atoms with E-state index in [2.05, 4.69) is 10.6 Å². The third kappa shape index (κ3) is 4.03. The predicted molar refractivity (Wildman–Crippen MR) is 72.0 cm³/mol. The summed E-state index contributed by atoms with van der Waals surface area (Å²) in [6, 6.07) is 1.63. The molecule has 1 fully saturated rings. The third-order valence-corrected chi connectivity index (χ3v) is 3.20. The van der Waals surface area contributed by atoms with E-state index in [9.17, 15) is 13.6 Å². The molecule has 0 bridgehead atoms. The summed E-state index contributed by atoms with van der Waals surface area (Å²) in [5.74, 6) is -2.62. The number of amides is 1. The van der Waals surface area contributed by atoms with Crippen molar-refractivity contribution in [2.75, 3.05) is 13.1 Å². The van der Waals surface area contributed by atoms with E-state index in [4.69, 9.17) is 11.6 Å². The fraction of sp³-hybridized carbons (Fsp3) is 0.417. The first kappa shape index (κ1) is 16.1. The molecule has 1 aromatic rings. The van der Waals surface area contributed by atoms with Crippen LogP contribution in [0.5, 0.6) is 0 Å². The molecule has 7 heteroatoms. The van der Waals surface area contributed by atoms with Gasteiger partial charge in [0.05, 0.1) is 10.6 Å². The van der Waals surface area contributed by atoms with Crippen LogP contribution in [0.2, 0.25) is 5.02 Å². The largest absolute Gasteiger partial charge is 0.348 e. The number of hydrogen-bond acceptors (Lipinski definition) is 2. The topological polar surface area (TPSA) is 41.1 Å². The van der Waals surface area contributed by atoms with E-state index >= 15 is 0 Å². The van der Waals surface area contributed by atoms with E-state index in [-0.39, 0.29) is 29.0 Å². The van der Waals surface area contributed by atoms with Gasteiger partial charge in [0.1, 0.15) is 0 Å². The summed E-state index contributed by atoms with van der Waals surface area (Å²) in [6.07, 6.45) is 1.83. The van der Waals surface area contributed by atoms with Crippen molar-refractivity contribution in [2.45, 2.75) is 18.9 Å². The number of hydrogen-bond donors (Lipinski definition) is 2. The molecule has 1 saturated heterocycles. The highest BCUT2D eigenvalue weighted by Crippen LogP contribution is 2.20. The lowest BCUT2D eigenvalue weighted by atomic mass is 10.1. The Kier molecular flexibility index (Phi) is 5.97. The van der Waals surface area contributed by atoms with Crippen LogP contribution in [0, 0.1) is 11.6 Å². The molecule has 0 aliphatic carbocycles. The molecule has 0 aromatic heterocycles. The molecule has 1 aliphatic rings. The summed E-state index contributed by atoms with van der Waals surface area (Å²) in [5, 5.41) is 5.80. The summed E-state index contributed by atoms with van der Waals surface area (Å²) in [4.78, 5) is 11.9. The molecule has 1 aliphatic heterocycles. The quantitative estimate of drug-likeness (QED) is 0.824. The summed E-state index contributed by atoms with van der Waals surface area (Å²) < 4.78 is 26.0. The van der Waals surface area contributed by atoms with Crippen LogP contribution in [-0.2, 0) is 0 Å². The SMILES string of the molecule is Cl.O=C(N[C@H]1CCCNC1)c1cc(F)c(F)cc1Cl. The monoisotopic (exact) mass is 310 g/mol. The Morgan fingerprint density at radius 1 is 1.37 bits per heavy atom. The number of piperidine rings is 1. The van der Waals surface area contributed by atoms with Crippen molar-refractivity contribution < 1.29 is 13.6 Å². The molecule has 1 aromatic carbocycles. The number of rotatable bonds is 2. The van der Waals surface area contributed by atoms with Crippen LogP contribution < -0.4 is 10.6 Å².